The van der Waals surface area contributed by atoms with Crippen LogP contribution in [0.15, 0.2) is 23.9 Å². The third-order valence-corrected chi connectivity index (χ3v) is 4.78. The van der Waals surface area contributed by atoms with Gasteiger partial charge in [0, 0.05) is 25.3 Å². The van der Waals surface area contributed by atoms with Gasteiger partial charge >= 0.3 is 0 Å². The standard InChI is InChI=1S/C17H23NO3/c1-20-12-21-16-7-2-5-13-11-15-14(6-3-9-18-15)17(13,16)8-4-10-19/h3,6,9,11,16,19H,2,4-5,7-8,10,12H2,1H3/t16-,17+/m1/s1. The number of hydrogen-bond acceptors (Lipinski definition) is 4. The maximum atomic E-state index is 9.32. The number of aliphatic hydroxyl groups is 1. The van der Waals surface area contributed by atoms with E-state index in [-0.39, 0.29) is 18.1 Å². The maximum absolute atomic E-state index is 9.32. The first-order valence-electron chi connectivity index (χ1n) is 7.71. The molecule has 0 aromatic carbocycles. The molecule has 1 saturated carbocycles. The average Bonchev–Trinajstić information content (AvgIpc) is 2.86. The van der Waals surface area contributed by atoms with Crippen molar-refractivity contribution in [1.29, 1.82) is 0 Å². The second-order valence-electron chi connectivity index (χ2n) is 5.86. The fraction of sp³-hybridized carbons (Fsp3) is 0.588. The molecule has 2 atom stereocenters. The minimum atomic E-state index is -0.122. The molecule has 1 aromatic rings. The van der Waals surface area contributed by atoms with Crippen LogP contribution in [0.4, 0.5) is 0 Å². The van der Waals surface area contributed by atoms with Crippen LogP contribution in [-0.4, -0.2) is 36.7 Å². The van der Waals surface area contributed by atoms with Crippen molar-refractivity contribution in [3.63, 3.8) is 0 Å². The molecule has 0 unspecified atom stereocenters. The van der Waals surface area contributed by atoms with E-state index in [1.165, 1.54) is 11.1 Å². The predicted octanol–water partition coefficient (Wildman–Crippen LogP) is 2.66. The first-order valence-corrected chi connectivity index (χ1v) is 7.71. The van der Waals surface area contributed by atoms with Crippen LogP contribution in [-0.2, 0) is 14.9 Å². The highest BCUT2D eigenvalue weighted by molar-refractivity contribution is 5.68. The molecule has 0 aliphatic heterocycles. The van der Waals surface area contributed by atoms with E-state index in [9.17, 15) is 5.11 Å². The summed E-state index contributed by atoms with van der Waals surface area (Å²) in [5, 5.41) is 9.32. The van der Waals surface area contributed by atoms with Gasteiger partial charge in [-0.25, -0.2) is 0 Å². The molecule has 1 fully saturated rings. The molecule has 21 heavy (non-hydrogen) atoms. The summed E-state index contributed by atoms with van der Waals surface area (Å²) in [5.41, 5.74) is 3.62. The maximum Gasteiger partial charge on any atom is 0.146 e. The van der Waals surface area contributed by atoms with Crippen LogP contribution in [0.2, 0.25) is 0 Å². The predicted molar refractivity (Wildman–Crippen MR) is 80.8 cm³/mol. The number of rotatable bonds is 6. The van der Waals surface area contributed by atoms with Gasteiger partial charge in [-0.3, -0.25) is 4.98 Å². The first kappa shape index (κ1) is 14.7. The summed E-state index contributed by atoms with van der Waals surface area (Å²) in [6, 6.07) is 4.16. The highest BCUT2D eigenvalue weighted by atomic mass is 16.7. The Hall–Kier alpha value is -1.23. The fourth-order valence-corrected chi connectivity index (χ4v) is 3.97. The van der Waals surface area contributed by atoms with Crippen LogP contribution >= 0.6 is 0 Å². The van der Waals surface area contributed by atoms with Crippen molar-refractivity contribution < 1.29 is 14.6 Å². The lowest BCUT2D eigenvalue weighted by Crippen LogP contribution is -2.45. The molecule has 3 rings (SSSR count). The normalized spacial score (nSPS) is 27.1. The molecule has 0 radical (unpaired) electrons. The lowest BCUT2D eigenvalue weighted by Gasteiger charge is -2.44. The lowest BCUT2D eigenvalue weighted by atomic mass is 9.64. The second-order valence-corrected chi connectivity index (χ2v) is 5.86. The van der Waals surface area contributed by atoms with E-state index in [0.29, 0.717) is 6.79 Å². The largest absolute Gasteiger partial charge is 0.396 e. The third kappa shape index (κ3) is 2.41. The number of aromatic nitrogens is 1. The Kier molecular flexibility index (Phi) is 4.38. The van der Waals surface area contributed by atoms with Crippen LogP contribution in [0.1, 0.15) is 43.4 Å². The van der Waals surface area contributed by atoms with Crippen LogP contribution < -0.4 is 0 Å². The van der Waals surface area contributed by atoms with E-state index >= 15 is 0 Å². The number of fused-ring (bicyclic) bond motifs is 3. The quantitative estimate of drug-likeness (QED) is 0.818. The molecular formula is C17H23NO3. The van der Waals surface area contributed by atoms with E-state index in [4.69, 9.17) is 9.47 Å². The van der Waals surface area contributed by atoms with Crippen LogP contribution in [0.25, 0.3) is 6.08 Å². The van der Waals surface area contributed by atoms with Gasteiger partial charge in [0.15, 0.2) is 0 Å². The number of methoxy groups -OCH3 is 1. The average molecular weight is 289 g/mol. The number of hydrogen-bond donors (Lipinski definition) is 1. The fourth-order valence-electron chi connectivity index (χ4n) is 3.97. The molecule has 1 heterocycles. The zero-order valence-electron chi connectivity index (χ0n) is 12.5. The summed E-state index contributed by atoms with van der Waals surface area (Å²) in [6.07, 6.45) is 9.12. The summed E-state index contributed by atoms with van der Waals surface area (Å²) < 4.78 is 11.2. The Morgan fingerprint density at radius 2 is 2.38 bits per heavy atom. The van der Waals surface area contributed by atoms with Gasteiger partial charge in [0.05, 0.1) is 11.8 Å². The van der Waals surface area contributed by atoms with E-state index in [2.05, 4.69) is 17.1 Å². The highest BCUT2D eigenvalue weighted by Crippen LogP contribution is 2.53. The van der Waals surface area contributed by atoms with Crippen molar-refractivity contribution in [2.45, 2.75) is 43.6 Å². The van der Waals surface area contributed by atoms with Crippen molar-refractivity contribution in [1.82, 2.24) is 4.98 Å². The zero-order chi connectivity index (χ0) is 14.7. The van der Waals surface area contributed by atoms with Crippen molar-refractivity contribution in [3.8, 4) is 0 Å². The van der Waals surface area contributed by atoms with Crippen molar-refractivity contribution in [2.24, 2.45) is 0 Å². The third-order valence-electron chi connectivity index (χ3n) is 4.78. The summed E-state index contributed by atoms with van der Waals surface area (Å²) >= 11 is 0. The van der Waals surface area contributed by atoms with E-state index in [1.54, 1.807) is 7.11 Å². The Balaban J connectivity index is 2.01. The van der Waals surface area contributed by atoms with Gasteiger partial charge in [-0.1, -0.05) is 11.6 Å². The first-order chi connectivity index (χ1) is 10.3. The van der Waals surface area contributed by atoms with Gasteiger partial charge < -0.3 is 14.6 Å². The van der Waals surface area contributed by atoms with E-state index in [1.807, 2.05) is 12.3 Å². The Labute approximate surface area is 125 Å². The van der Waals surface area contributed by atoms with Crippen molar-refractivity contribution in [3.05, 3.63) is 35.2 Å². The topological polar surface area (TPSA) is 51.6 Å². The molecule has 2 aliphatic rings. The zero-order valence-corrected chi connectivity index (χ0v) is 12.5. The van der Waals surface area contributed by atoms with E-state index < -0.39 is 0 Å². The Morgan fingerprint density at radius 1 is 1.48 bits per heavy atom. The molecule has 0 spiro atoms. The molecule has 4 nitrogen and oxygen atoms in total. The second kappa shape index (κ2) is 6.26. The summed E-state index contributed by atoms with van der Waals surface area (Å²) in [5.74, 6) is 0. The van der Waals surface area contributed by atoms with Crippen molar-refractivity contribution >= 4 is 6.08 Å². The highest BCUT2D eigenvalue weighted by Gasteiger charge is 2.49. The minimum Gasteiger partial charge on any atom is -0.396 e. The molecular weight excluding hydrogens is 266 g/mol. The summed E-state index contributed by atoms with van der Waals surface area (Å²) in [7, 11) is 1.66. The molecule has 0 saturated heterocycles. The van der Waals surface area contributed by atoms with Crippen LogP contribution in [0, 0.1) is 0 Å². The van der Waals surface area contributed by atoms with E-state index in [0.717, 1.165) is 37.8 Å². The number of aliphatic hydroxyl groups excluding tert-OH is 1. The Bertz CT molecular complexity index is 529. The molecule has 0 amide bonds. The molecule has 4 heteroatoms. The van der Waals surface area contributed by atoms with Gasteiger partial charge in [-0.2, -0.15) is 0 Å². The lowest BCUT2D eigenvalue weighted by molar-refractivity contribution is -0.103. The summed E-state index contributed by atoms with van der Waals surface area (Å²) in [4.78, 5) is 4.53. The van der Waals surface area contributed by atoms with Crippen molar-refractivity contribution in [2.75, 3.05) is 20.5 Å². The number of ether oxygens (including phenoxy) is 2. The number of pyridine rings is 1. The van der Waals surface area contributed by atoms with Crippen LogP contribution in [0.5, 0.6) is 0 Å². The van der Waals surface area contributed by atoms with Gasteiger partial charge in [-0.15, -0.1) is 0 Å². The molecule has 0 bridgehead atoms. The Morgan fingerprint density at radius 3 is 3.19 bits per heavy atom. The van der Waals surface area contributed by atoms with Crippen LogP contribution in [0.3, 0.4) is 0 Å². The molecule has 1 aromatic heterocycles. The number of nitrogens with zero attached hydrogens (tertiary/aromatic N) is 1. The smallest absolute Gasteiger partial charge is 0.146 e. The summed E-state index contributed by atoms with van der Waals surface area (Å²) in [6.45, 7) is 0.524. The molecule has 114 valence electrons. The van der Waals surface area contributed by atoms with Gasteiger partial charge in [-0.05, 0) is 49.8 Å². The van der Waals surface area contributed by atoms with Gasteiger partial charge in [0.2, 0.25) is 0 Å². The molecule has 2 aliphatic carbocycles. The van der Waals surface area contributed by atoms with Gasteiger partial charge in [0.1, 0.15) is 6.79 Å². The molecule has 1 N–H and O–H groups in total. The minimum absolute atomic E-state index is 0.106. The SMILES string of the molecule is COCO[C@@H]1CCCC2=Cc3ncccc3[C@]21CCCO. The monoisotopic (exact) mass is 289 g/mol. The van der Waals surface area contributed by atoms with Gasteiger partial charge in [0.25, 0.3) is 0 Å².